The van der Waals surface area contributed by atoms with E-state index in [0.29, 0.717) is 0 Å². The van der Waals surface area contributed by atoms with E-state index in [4.69, 9.17) is 0 Å². The van der Waals surface area contributed by atoms with Gasteiger partial charge in [0.2, 0.25) is 5.91 Å². The number of amides is 1. The number of para-hydroxylation sites is 1. The minimum absolute atomic E-state index is 0.210. The monoisotopic (exact) mass is 280 g/mol. The highest BCUT2D eigenvalue weighted by Gasteiger charge is 2.06. The van der Waals surface area contributed by atoms with Crippen LogP contribution in [0.1, 0.15) is 0 Å². The average Bonchev–Trinajstić information content (AvgIpc) is 2.91. The zero-order valence-corrected chi connectivity index (χ0v) is 11.5. The molecule has 0 aliphatic carbocycles. The summed E-state index contributed by atoms with van der Waals surface area (Å²) < 4.78 is 1.17. The van der Waals surface area contributed by atoms with E-state index in [-0.39, 0.29) is 5.91 Å². The molecule has 0 spiro atoms. The van der Waals surface area contributed by atoms with Gasteiger partial charge in [-0.3, -0.25) is 4.79 Å². The van der Waals surface area contributed by atoms with Gasteiger partial charge < -0.3 is 5.32 Å². The molecule has 0 atom stereocenters. The van der Waals surface area contributed by atoms with Crippen LogP contribution in [0.3, 0.4) is 0 Å². The molecule has 1 amide bonds. The quantitative estimate of drug-likeness (QED) is 0.734. The van der Waals surface area contributed by atoms with Gasteiger partial charge in [0.05, 0.1) is 10.2 Å². The molecule has 0 bridgehead atoms. The molecule has 0 saturated heterocycles. The van der Waals surface area contributed by atoms with Crippen molar-refractivity contribution in [2.24, 2.45) is 0 Å². The molecular formula is C16H12N2OS. The lowest BCUT2D eigenvalue weighted by Crippen LogP contribution is -2.06. The lowest BCUT2D eigenvalue weighted by Gasteiger charge is -2.02. The Hall–Kier alpha value is -2.46. The maximum absolute atomic E-state index is 11.2. The highest BCUT2D eigenvalue weighted by Crippen LogP contribution is 2.30. The van der Waals surface area contributed by atoms with E-state index in [2.05, 4.69) is 22.9 Å². The van der Waals surface area contributed by atoms with Crippen LogP contribution in [0, 0.1) is 0 Å². The number of carbonyl (C=O) groups excluding carboxylic acids is 1. The summed E-state index contributed by atoms with van der Waals surface area (Å²) in [4.78, 5) is 15.8. The van der Waals surface area contributed by atoms with E-state index in [1.165, 1.54) is 10.8 Å². The van der Waals surface area contributed by atoms with Gasteiger partial charge >= 0.3 is 0 Å². The largest absolute Gasteiger partial charge is 0.323 e. The van der Waals surface area contributed by atoms with Gasteiger partial charge in [-0.15, -0.1) is 11.3 Å². The molecule has 20 heavy (non-hydrogen) atoms. The van der Waals surface area contributed by atoms with Gasteiger partial charge in [0.1, 0.15) is 5.01 Å². The molecule has 3 nitrogen and oxygen atoms in total. The van der Waals surface area contributed by atoms with Gasteiger partial charge in [0.15, 0.2) is 0 Å². The van der Waals surface area contributed by atoms with Crippen LogP contribution in [0.15, 0.2) is 61.2 Å². The SMILES string of the molecule is C=CC(=O)Nc1ccc(-c2nc3ccccc3s2)cc1. The Morgan fingerprint density at radius 1 is 1.15 bits per heavy atom. The third kappa shape index (κ3) is 2.46. The molecule has 0 aliphatic rings. The highest BCUT2D eigenvalue weighted by atomic mass is 32.1. The fraction of sp³-hybridized carbons (Fsp3) is 0. The van der Waals surface area contributed by atoms with Crippen molar-refractivity contribution in [3.8, 4) is 10.6 Å². The van der Waals surface area contributed by atoms with Crippen LogP contribution >= 0.6 is 11.3 Å². The number of aromatic nitrogens is 1. The molecule has 0 aliphatic heterocycles. The van der Waals surface area contributed by atoms with Crippen LogP contribution in [0.25, 0.3) is 20.8 Å². The van der Waals surface area contributed by atoms with Gasteiger partial charge in [-0.25, -0.2) is 4.98 Å². The number of hydrogen-bond donors (Lipinski definition) is 1. The first-order valence-electron chi connectivity index (χ1n) is 6.16. The second-order valence-electron chi connectivity index (χ2n) is 4.26. The lowest BCUT2D eigenvalue weighted by molar-refractivity contribution is -0.111. The normalized spacial score (nSPS) is 10.4. The van der Waals surface area contributed by atoms with Crippen molar-refractivity contribution >= 4 is 33.1 Å². The number of fused-ring (bicyclic) bond motifs is 1. The molecule has 0 radical (unpaired) electrons. The molecule has 0 saturated carbocycles. The Kier molecular flexibility index (Phi) is 3.31. The van der Waals surface area contributed by atoms with Crippen molar-refractivity contribution in [3.05, 3.63) is 61.2 Å². The second kappa shape index (κ2) is 5.27. The summed E-state index contributed by atoms with van der Waals surface area (Å²) in [6.45, 7) is 3.43. The first-order valence-corrected chi connectivity index (χ1v) is 6.97. The van der Waals surface area contributed by atoms with Crippen molar-refractivity contribution in [1.82, 2.24) is 4.98 Å². The molecular weight excluding hydrogens is 268 g/mol. The fourth-order valence-electron chi connectivity index (χ4n) is 1.89. The smallest absolute Gasteiger partial charge is 0.247 e. The van der Waals surface area contributed by atoms with Crippen LogP contribution in [0.5, 0.6) is 0 Å². The van der Waals surface area contributed by atoms with Crippen LogP contribution in [-0.4, -0.2) is 10.9 Å². The maximum atomic E-state index is 11.2. The first kappa shape index (κ1) is 12.6. The third-order valence-corrected chi connectivity index (χ3v) is 3.96. The standard InChI is InChI=1S/C16H12N2OS/c1-2-15(19)17-12-9-7-11(8-10-12)16-18-13-5-3-4-6-14(13)20-16/h2-10H,1H2,(H,17,19). The number of nitrogens with zero attached hydrogens (tertiary/aromatic N) is 1. The third-order valence-electron chi connectivity index (χ3n) is 2.88. The van der Waals surface area contributed by atoms with E-state index >= 15 is 0 Å². The van der Waals surface area contributed by atoms with Gasteiger partial charge in [0, 0.05) is 11.3 Å². The maximum Gasteiger partial charge on any atom is 0.247 e. The molecule has 4 heteroatoms. The second-order valence-corrected chi connectivity index (χ2v) is 5.29. The summed E-state index contributed by atoms with van der Waals surface area (Å²) in [6, 6.07) is 15.7. The lowest BCUT2D eigenvalue weighted by atomic mass is 10.2. The molecule has 1 N–H and O–H groups in total. The predicted octanol–water partition coefficient (Wildman–Crippen LogP) is 4.09. The van der Waals surface area contributed by atoms with E-state index in [1.807, 2.05) is 42.5 Å². The Morgan fingerprint density at radius 3 is 2.60 bits per heavy atom. The number of rotatable bonds is 3. The molecule has 3 rings (SSSR count). The van der Waals surface area contributed by atoms with Crippen LogP contribution in [0.4, 0.5) is 5.69 Å². The summed E-state index contributed by atoms with van der Waals surface area (Å²) in [6.07, 6.45) is 1.25. The summed E-state index contributed by atoms with van der Waals surface area (Å²) in [5, 5.41) is 3.70. The summed E-state index contributed by atoms with van der Waals surface area (Å²) in [5.74, 6) is -0.210. The number of hydrogen-bond acceptors (Lipinski definition) is 3. The highest BCUT2D eigenvalue weighted by molar-refractivity contribution is 7.21. The Balaban J connectivity index is 1.90. The Morgan fingerprint density at radius 2 is 1.90 bits per heavy atom. The fourth-order valence-corrected chi connectivity index (χ4v) is 2.86. The molecule has 3 aromatic rings. The van der Waals surface area contributed by atoms with E-state index in [1.54, 1.807) is 11.3 Å². The van der Waals surface area contributed by atoms with Crippen LogP contribution in [0.2, 0.25) is 0 Å². The van der Waals surface area contributed by atoms with Crippen molar-refractivity contribution < 1.29 is 4.79 Å². The van der Waals surface area contributed by atoms with Crippen molar-refractivity contribution in [1.29, 1.82) is 0 Å². The van der Waals surface area contributed by atoms with Gasteiger partial charge in [0.25, 0.3) is 0 Å². The average molecular weight is 280 g/mol. The van der Waals surface area contributed by atoms with Crippen LogP contribution in [-0.2, 0) is 4.79 Å². The zero-order valence-electron chi connectivity index (χ0n) is 10.7. The first-order chi connectivity index (χ1) is 9.76. The van der Waals surface area contributed by atoms with Gasteiger partial charge in [-0.05, 0) is 42.5 Å². The zero-order chi connectivity index (χ0) is 13.9. The summed E-state index contributed by atoms with van der Waals surface area (Å²) in [5.41, 5.74) is 2.80. The van der Waals surface area contributed by atoms with Crippen molar-refractivity contribution in [2.75, 3.05) is 5.32 Å². The van der Waals surface area contributed by atoms with Gasteiger partial charge in [-0.2, -0.15) is 0 Å². The van der Waals surface area contributed by atoms with Gasteiger partial charge in [-0.1, -0.05) is 18.7 Å². The van der Waals surface area contributed by atoms with E-state index in [9.17, 15) is 4.79 Å². The molecule has 1 heterocycles. The Labute approximate surface area is 120 Å². The summed E-state index contributed by atoms with van der Waals surface area (Å²) >= 11 is 1.66. The number of thiazole rings is 1. The molecule has 98 valence electrons. The minimum Gasteiger partial charge on any atom is -0.323 e. The molecule has 2 aromatic carbocycles. The predicted molar refractivity (Wildman–Crippen MR) is 83.9 cm³/mol. The molecule has 0 fully saturated rings. The molecule has 0 unspecified atom stereocenters. The number of anilines is 1. The van der Waals surface area contributed by atoms with E-state index in [0.717, 1.165) is 21.8 Å². The number of carbonyl (C=O) groups is 1. The van der Waals surface area contributed by atoms with Crippen molar-refractivity contribution in [3.63, 3.8) is 0 Å². The van der Waals surface area contributed by atoms with Crippen LogP contribution < -0.4 is 5.32 Å². The molecule has 1 aromatic heterocycles. The summed E-state index contributed by atoms with van der Waals surface area (Å²) in [7, 11) is 0. The van der Waals surface area contributed by atoms with E-state index < -0.39 is 0 Å². The number of nitrogens with one attached hydrogen (secondary N) is 1. The number of benzene rings is 2. The van der Waals surface area contributed by atoms with Crippen molar-refractivity contribution in [2.45, 2.75) is 0 Å². The Bertz CT molecular complexity index is 742. The topological polar surface area (TPSA) is 42.0 Å². The minimum atomic E-state index is -0.210.